The lowest BCUT2D eigenvalue weighted by Crippen LogP contribution is -2.37. The molecule has 0 radical (unpaired) electrons. The quantitative estimate of drug-likeness (QED) is 0.825. The minimum absolute atomic E-state index is 0.221. The highest BCUT2D eigenvalue weighted by Gasteiger charge is 2.25. The van der Waals surface area contributed by atoms with Crippen LogP contribution in [0.25, 0.3) is 0 Å². The third-order valence-corrected chi connectivity index (χ3v) is 3.88. The second kappa shape index (κ2) is 5.36. The molecule has 19 heavy (non-hydrogen) atoms. The lowest BCUT2D eigenvalue weighted by molar-refractivity contribution is -0.126. The third kappa shape index (κ3) is 3.37. The van der Waals surface area contributed by atoms with Crippen molar-refractivity contribution in [2.24, 2.45) is 11.3 Å². The van der Waals surface area contributed by atoms with Gasteiger partial charge in [0.15, 0.2) is 0 Å². The summed E-state index contributed by atoms with van der Waals surface area (Å²) in [5.74, 6) is 1.02. The van der Waals surface area contributed by atoms with Crippen LogP contribution in [0.1, 0.15) is 39.7 Å². The number of anilines is 1. The van der Waals surface area contributed by atoms with Gasteiger partial charge < -0.3 is 4.90 Å². The number of hydrogen-bond donors (Lipinski definition) is 0. The zero-order valence-corrected chi connectivity index (χ0v) is 12.6. The summed E-state index contributed by atoms with van der Waals surface area (Å²) in [7, 11) is 0. The van der Waals surface area contributed by atoms with E-state index in [-0.39, 0.29) is 5.41 Å². The Morgan fingerprint density at radius 3 is 2.68 bits per heavy atom. The summed E-state index contributed by atoms with van der Waals surface area (Å²) in [6, 6.07) is 8.59. The Kier molecular flexibility index (Phi) is 3.98. The summed E-state index contributed by atoms with van der Waals surface area (Å²) >= 11 is 0. The number of carbonyl (C=O) groups is 1. The van der Waals surface area contributed by atoms with E-state index in [0.717, 1.165) is 19.5 Å². The summed E-state index contributed by atoms with van der Waals surface area (Å²) in [5.41, 5.74) is 2.52. The molecule has 0 saturated heterocycles. The van der Waals surface area contributed by atoms with Crippen molar-refractivity contribution in [2.45, 2.75) is 40.5 Å². The molecule has 0 fully saturated rings. The molecule has 0 amide bonds. The van der Waals surface area contributed by atoms with E-state index in [9.17, 15) is 4.79 Å². The Labute approximate surface area is 116 Å². The van der Waals surface area contributed by atoms with Crippen LogP contribution in [0, 0.1) is 11.3 Å². The maximum absolute atomic E-state index is 12.1. The number of benzene rings is 1. The molecular formula is C17H25NO. The van der Waals surface area contributed by atoms with Crippen LogP contribution in [0.3, 0.4) is 0 Å². The first-order chi connectivity index (χ1) is 8.88. The van der Waals surface area contributed by atoms with Crippen LogP contribution in [0.2, 0.25) is 0 Å². The molecule has 2 rings (SSSR count). The number of carbonyl (C=O) groups excluding carboxylic acids is 1. The normalized spacial score (nSPS) is 19.2. The first-order valence-corrected chi connectivity index (χ1v) is 7.24. The summed E-state index contributed by atoms with van der Waals surface area (Å²) in [5, 5.41) is 0. The van der Waals surface area contributed by atoms with Crippen LogP contribution in [-0.2, 0) is 11.2 Å². The molecule has 104 valence electrons. The Morgan fingerprint density at radius 2 is 2.00 bits per heavy atom. The minimum atomic E-state index is -0.221. The maximum Gasteiger partial charge on any atom is 0.139 e. The SMILES string of the molecule is CC1Cc2ccccc2N(CCC(=O)C(C)(C)C)C1. The molecule has 1 heterocycles. The number of nitrogens with zero attached hydrogens (tertiary/aromatic N) is 1. The van der Waals surface area contributed by atoms with Gasteiger partial charge in [-0.05, 0) is 24.0 Å². The van der Waals surface area contributed by atoms with Gasteiger partial charge in [-0.2, -0.15) is 0 Å². The summed E-state index contributed by atoms with van der Waals surface area (Å²) in [4.78, 5) is 14.5. The fourth-order valence-corrected chi connectivity index (χ4v) is 2.73. The van der Waals surface area contributed by atoms with Crippen molar-refractivity contribution in [1.29, 1.82) is 0 Å². The molecule has 2 heteroatoms. The van der Waals surface area contributed by atoms with E-state index in [1.165, 1.54) is 11.3 Å². The highest BCUT2D eigenvalue weighted by Crippen LogP contribution is 2.29. The molecule has 0 bridgehead atoms. The van der Waals surface area contributed by atoms with Crippen molar-refractivity contribution >= 4 is 11.5 Å². The second-order valence-electron chi connectivity index (χ2n) is 6.81. The molecule has 1 atom stereocenters. The van der Waals surface area contributed by atoms with Crippen LogP contribution in [-0.4, -0.2) is 18.9 Å². The summed E-state index contributed by atoms with van der Waals surface area (Å²) < 4.78 is 0. The summed E-state index contributed by atoms with van der Waals surface area (Å²) in [6.45, 7) is 10.2. The molecule has 1 aliphatic heterocycles. The van der Waals surface area contributed by atoms with Gasteiger partial charge in [0.2, 0.25) is 0 Å². The van der Waals surface area contributed by atoms with Gasteiger partial charge in [0.25, 0.3) is 0 Å². The van der Waals surface area contributed by atoms with Crippen LogP contribution in [0.4, 0.5) is 5.69 Å². The zero-order valence-electron chi connectivity index (χ0n) is 12.6. The number of Topliss-reactive ketones (excluding diaryl/α,β-unsaturated/α-hetero) is 1. The highest BCUT2D eigenvalue weighted by molar-refractivity contribution is 5.84. The Hall–Kier alpha value is -1.31. The van der Waals surface area contributed by atoms with Gasteiger partial charge in [-0.1, -0.05) is 45.9 Å². The lowest BCUT2D eigenvalue weighted by atomic mass is 9.88. The topological polar surface area (TPSA) is 20.3 Å². The Morgan fingerprint density at radius 1 is 1.32 bits per heavy atom. The third-order valence-electron chi connectivity index (χ3n) is 3.88. The fourth-order valence-electron chi connectivity index (χ4n) is 2.73. The maximum atomic E-state index is 12.1. The standard InChI is InChI=1S/C17H25NO/c1-13-11-14-7-5-6-8-15(14)18(12-13)10-9-16(19)17(2,3)4/h5-8,13H,9-12H2,1-4H3. The molecule has 0 aromatic heterocycles. The first kappa shape index (κ1) is 14.1. The van der Waals surface area contributed by atoms with Crippen molar-refractivity contribution in [2.75, 3.05) is 18.0 Å². The predicted molar refractivity (Wildman–Crippen MR) is 80.6 cm³/mol. The highest BCUT2D eigenvalue weighted by atomic mass is 16.1. The molecule has 1 aromatic carbocycles. The van der Waals surface area contributed by atoms with E-state index in [4.69, 9.17) is 0 Å². The predicted octanol–water partition coefficient (Wildman–Crippen LogP) is 3.69. The zero-order chi connectivity index (χ0) is 14.0. The van der Waals surface area contributed by atoms with Gasteiger partial charge in [0.1, 0.15) is 5.78 Å². The molecule has 1 aliphatic rings. The van der Waals surface area contributed by atoms with E-state index in [0.29, 0.717) is 18.1 Å². The van der Waals surface area contributed by atoms with Crippen LogP contribution < -0.4 is 4.90 Å². The summed E-state index contributed by atoms with van der Waals surface area (Å²) in [6.07, 6.45) is 1.80. The average molecular weight is 259 g/mol. The molecule has 0 saturated carbocycles. The van der Waals surface area contributed by atoms with Gasteiger partial charge in [-0.15, -0.1) is 0 Å². The second-order valence-corrected chi connectivity index (χ2v) is 6.81. The van der Waals surface area contributed by atoms with Crippen molar-refractivity contribution in [3.8, 4) is 0 Å². The van der Waals surface area contributed by atoms with E-state index in [2.05, 4.69) is 36.1 Å². The van der Waals surface area contributed by atoms with Crippen molar-refractivity contribution in [3.05, 3.63) is 29.8 Å². The molecule has 0 spiro atoms. The van der Waals surface area contributed by atoms with Crippen molar-refractivity contribution in [1.82, 2.24) is 0 Å². The van der Waals surface area contributed by atoms with Gasteiger partial charge >= 0.3 is 0 Å². The van der Waals surface area contributed by atoms with Crippen LogP contribution in [0.5, 0.6) is 0 Å². The van der Waals surface area contributed by atoms with Gasteiger partial charge in [0, 0.05) is 30.6 Å². The van der Waals surface area contributed by atoms with Crippen LogP contribution >= 0.6 is 0 Å². The van der Waals surface area contributed by atoms with Crippen molar-refractivity contribution in [3.63, 3.8) is 0 Å². The Balaban J connectivity index is 2.07. The molecular weight excluding hydrogens is 234 g/mol. The molecule has 0 N–H and O–H groups in total. The van der Waals surface area contributed by atoms with Gasteiger partial charge in [0.05, 0.1) is 0 Å². The van der Waals surface area contributed by atoms with Gasteiger partial charge in [-0.25, -0.2) is 0 Å². The van der Waals surface area contributed by atoms with E-state index in [1.54, 1.807) is 0 Å². The van der Waals surface area contributed by atoms with E-state index >= 15 is 0 Å². The molecule has 1 aromatic rings. The smallest absolute Gasteiger partial charge is 0.139 e. The largest absolute Gasteiger partial charge is 0.371 e. The fraction of sp³-hybridized carbons (Fsp3) is 0.588. The van der Waals surface area contributed by atoms with Gasteiger partial charge in [-0.3, -0.25) is 4.79 Å². The number of rotatable bonds is 3. The Bertz CT molecular complexity index is 459. The minimum Gasteiger partial charge on any atom is -0.371 e. The van der Waals surface area contributed by atoms with Crippen molar-refractivity contribution < 1.29 is 4.79 Å². The number of ketones is 1. The van der Waals surface area contributed by atoms with E-state index < -0.39 is 0 Å². The van der Waals surface area contributed by atoms with Crippen LogP contribution in [0.15, 0.2) is 24.3 Å². The molecule has 2 nitrogen and oxygen atoms in total. The monoisotopic (exact) mass is 259 g/mol. The lowest BCUT2D eigenvalue weighted by Gasteiger charge is -2.35. The molecule has 0 aliphatic carbocycles. The number of para-hydroxylation sites is 1. The average Bonchev–Trinajstić information content (AvgIpc) is 2.34. The van der Waals surface area contributed by atoms with E-state index in [1.807, 2.05) is 20.8 Å². The number of hydrogen-bond acceptors (Lipinski definition) is 2. The molecule has 1 unspecified atom stereocenters. The number of fused-ring (bicyclic) bond motifs is 1. The first-order valence-electron chi connectivity index (χ1n) is 7.24.